The van der Waals surface area contributed by atoms with Crippen molar-refractivity contribution in [2.24, 2.45) is 0 Å². The van der Waals surface area contributed by atoms with Gasteiger partial charge in [0.2, 0.25) is 5.91 Å². The summed E-state index contributed by atoms with van der Waals surface area (Å²) in [6.45, 7) is 4.82. The van der Waals surface area contributed by atoms with E-state index in [0.29, 0.717) is 17.6 Å². The van der Waals surface area contributed by atoms with Crippen LogP contribution in [0.15, 0.2) is 36.9 Å². The molecule has 5 rings (SSSR count). The molecule has 0 aliphatic carbocycles. The van der Waals surface area contributed by atoms with Crippen LogP contribution in [0.1, 0.15) is 38.6 Å². The molecule has 3 atom stereocenters. The van der Waals surface area contributed by atoms with E-state index in [1.54, 1.807) is 22.7 Å². The van der Waals surface area contributed by atoms with Crippen molar-refractivity contribution >= 4 is 33.9 Å². The maximum Gasteiger partial charge on any atom is 0.223 e. The number of aryl methyl sites for hydroxylation is 2. The number of β-amino-alcohol motifs (C(OH)–C–C–N with tert-alkyl or cyclic N) is 1. The SMILES string of the molecule is CCn1c(CCC(=O)N2C[C@H](O)C[C@](C)(O)[C@@H](n3cnc4c(N)ncnc43)C2)nc2ccccc21. The van der Waals surface area contributed by atoms with Crippen molar-refractivity contribution < 1.29 is 15.0 Å². The molecule has 11 heteroatoms. The van der Waals surface area contributed by atoms with Crippen molar-refractivity contribution in [3.05, 3.63) is 42.7 Å². The molecule has 1 aliphatic rings. The Morgan fingerprint density at radius 3 is 2.83 bits per heavy atom. The number of aliphatic hydroxyl groups excluding tert-OH is 1. The van der Waals surface area contributed by atoms with Gasteiger partial charge < -0.3 is 30.0 Å². The lowest BCUT2D eigenvalue weighted by atomic mass is 9.91. The van der Waals surface area contributed by atoms with Crippen LogP contribution in [0, 0.1) is 0 Å². The van der Waals surface area contributed by atoms with E-state index in [1.165, 1.54) is 6.33 Å². The van der Waals surface area contributed by atoms with Gasteiger partial charge in [0.25, 0.3) is 0 Å². The molecule has 0 bridgehead atoms. The quantitative estimate of drug-likeness (QED) is 0.389. The van der Waals surface area contributed by atoms with Crippen LogP contribution < -0.4 is 5.73 Å². The summed E-state index contributed by atoms with van der Waals surface area (Å²) >= 11 is 0. The number of nitrogens with two attached hydrogens (primary N) is 1. The number of aliphatic hydroxyl groups is 2. The number of likely N-dealkylation sites (tertiary alicyclic amines) is 1. The highest BCUT2D eigenvalue weighted by Gasteiger charge is 2.42. The molecule has 4 heterocycles. The molecule has 0 unspecified atom stereocenters. The fourth-order valence-corrected chi connectivity index (χ4v) is 5.15. The standard InChI is InChI=1S/C24H30N8O3/c1-3-31-17-7-5-4-6-16(17)29-19(31)8-9-20(34)30-11-15(33)10-24(2,35)18(12-30)32-14-28-21-22(25)26-13-27-23(21)32/h4-7,13-15,18,33,35H,3,8-12H2,1-2H3,(H2,25,26,27)/t15-,18+,24+/m1/s1. The van der Waals surface area contributed by atoms with Crippen molar-refractivity contribution in [2.75, 3.05) is 18.8 Å². The minimum absolute atomic E-state index is 0.104. The van der Waals surface area contributed by atoms with E-state index >= 15 is 0 Å². The zero-order valence-corrected chi connectivity index (χ0v) is 19.9. The second-order valence-corrected chi connectivity index (χ2v) is 9.37. The third-order valence-electron chi connectivity index (χ3n) is 6.88. The van der Waals surface area contributed by atoms with Crippen molar-refractivity contribution in [1.82, 2.24) is 34.0 Å². The molecule has 1 aromatic carbocycles. The number of imidazole rings is 2. The van der Waals surface area contributed by atoms with Crippen LogP contribution in [0.3, 0.4) is 0 Å². The average Bonchev–Trinajstić information content (AvgIpc) is 3.38. The highest BCUT2D eigenvalue weighted by atomic mass is 16.3. The highest BCUT2D eigenvalue weighted by molar-refractivity contribution is 5.81. The lowest BCUT2D eigenvalue weighted by Crippen LogP contribution is -2.42. The number of anilines is 1. The van der Waals surface area contributed by atoms with Gasteiger partial charge >= 0.3 is 0 Å². The Kier molecular flexibility index (Phi) is 5.89. The van der Waals surface area contributed by atoms with Gasteiger partial charge in [0.1, 0.15) is 17.7 Å². The van der Waals surface area contributed by atoms with Crippen molar-refractivity contribution in [2.45, 2.75) is 57.4 Å². The van der Waals surface area contributed by atoms with Crippen LogP contribution in [0.4, 0.5) is 5.82 Å². The fraction of sp³-hybridized carbons (Fsp3) is 0.458. The Hall–Kier alpha value is -3.57. The molecule has 4 N–H and O–H groups in total. The number of para-hydroxylation sites is 2. The van der Waals surface area contributed by atoms with E-state index in [0.717, 1.165) is 23.4 Å². The second kappa shape index (κ2) is 8.90. The summed E-state index contributed by atoms with van der Waals surface area (Å²) in [5.74, 6) is 0.988. The molecule has 35 heavy (non-hydrogen) atoms. The van der Waals surface area contributed by atoms with Crippen molar-refractivity contribution in [1.29, 1.82) is 0 Å². The number of hydrogen-bond acceptors (Lipinski definition) is 8. The number of carbonyl (C=O) groups is 1. The van der Waals surface area contributed by atoms with Gasteiger partial charge in [0.15, 0.2) is 11.5 Å². The molecule has 1 fully saturated rings. The predicted octanol–water partition coefficient (Wildman–Crippen LogP) is 1.30. The average molecular weight is 479 g/mol. The number of hydrogen-bond donors (Lipinski definition) is 3. The lowest BCUT2D eigenvalue weighted by Gasteiger charge is -2.34. The molecule has 1 amide bonds. The lowest BCUT2D eigenvalue weighted by molar-refractivity contribution is -0.132. The molecule has 0 radical (unpaired) electrons. The summed E-state index contributed by atoms with van der Waals surface area (Å²) in [7, 11) is 0. The first kappa shape index (κ1) is 23.2. The third kappa shape index (κ3) is 4.21. The van der Waals surface area contributed by atoms with Crippen LogP contribution in [-0.4, -0.2) is 74.9 Å². The molecule has 1 aliphatic heterocycles. The van der Waals surface area contributed by atoms with Crippen LogP contribution in [0.25, 0.3) is 22.2 Å². The third-order valence-corrected chi connectivity index (χ3v) is 6.88. The van der Waals surface area contributed by atoms with E-state index in [4.69, 9.17) is 10.7 Å². The molecule has 11 nitrogen and oxygen atoms in total. The Morgan fingerprint density at radius 1 is 1.23 bits per heavy atom. The van der Waals surface area contributed by atoms with Gasteiger partial charge in [-0.2, -0.15) is 0 Å². The van der Waals surface area contributed by atoms with Gasteiger partial charge in [-0.3, -0.25) is 4.79 Å². The van der Waals surface area contributed by atoms with Crippen LogP contribution in [0.2, 0.25) is 0 Å². The normalized spacial score (nSPS) is 23.1. The van der Waals surface area contributed by atoms with Gasteiger partial charge in [-0.25, -0.2) is 19.9 Å². The monoisotopic (exact) mass is 478 g/mol. The molecule has 0 spiro atoms. The summed E-state index contributed by atoms with van der Waals surface area (Å²) < 4.78 is 3.84. The van der Waals surface area contributed by atoms with E-state index < -0.39 is 17.7 Å². The first-order chi connectivity index (χ1) is 16.8. The maximum atomic E-state index is 13.4. The molecule has 184 valence electrons. The highest BCUT2D eigenvalue weighted by Crippen LogP contribution is 2.34. The number of carbonyl (C=O) groups excluding carboxylic acids is 1. The zero-order chi connectivity index (χ0) is 24.7. The molecule has 0 saturated carbocycles. The Labute approximate surface area is 202 Å². The van der Waals surface area contributed by atoms with Crippen LogP contribution in [0.5, 0.6) is 0 Å². The van der Waals surface area contributed by atoms with E-state index in [9.17, 15) is 15.0 Å². The minimum atomic E-state index is -1.31. The largest absolute Gasteiger partial charge is 0.391 e. The number of aromatic nitrogens is 6. The Balaban J connectivity index is 1.40. The number of rotatable bonds is 5. The summed E-state index contributed by atoms with van der Waals surface area (Å²) in [5.41, 5.74) is 7.50. The van der Waals surface area contributed by atoms with E-state index in [-0.39, 0.29) is 37.7 Å². The molecule has 4 aromatic rings. The van der Waals surface area contributed by atoms with Gasteiger partial charge in [0, 0.05) is 38.9 Å². The maximum absolute atomic E-state index is 13.4. The Morgan fingerprint density at radius 2 is 2.03 bits per heavy atom. The number of nitrogen functional groups attached to an aromatic ring is 1. The van der Waals surface area contributed by atoms with Gasteiger partial charge in [-0.05, 0) is 26.0 Å². The van der Waals surface area contributed by atoms with Crippen LogP contribution in [-0.2, 0) is 17.8 Å². The minimum Gasteiger partial charge on any atom is -0.391 e. The van der Waals surface area contributed by atoms with Crippen molar-refractivity contribution in [3.8, 4) is 0 Å². The van der Waals surface area contributed by atoms with Crippen LogP contribution >= 0.6 is 0 Å². The Bertz CT molecular complexity index is 1380. The second-order valence-electron chi connectivity index (χ2n) is 9.37. The number of fused-ring (bicyclic) bond motifs is 2. The first-order valence-electron chi connectivity index (χ1n) is 11.8. The van der Waals surface area contributed by atoms with Gasteiger partial charge in [-0.1, -0.05) is 12.1 Å². The van der Waals surface area contributed by atoms with Gasteiger partial charge in [0.05, 0.1) is 35.1 Å². The summed E-state index contributed by atoms with van der Waals surface area (Å²) in [6.07, 6.45) is 2.86. The molecular weight excluding hydrogens is 448 g/mol. The molecule has 3 aromatic heterocycles. The van der Waals surface area contributed by atoms with E-state index in [2.05, 4.69) is 26.4 Å². The molecule has 1 saturated heterocycles. The number of nitrogens with zero attached hydrogens (tertiary/aromatic N) is 7. The van der Waals surface area contributed by atoms with E-state index in [1.807, 2.05) is 24.3 Å². The summed E-state index contributed by atoms with van der Waals surface area (Å²) in [4.78, 5) is 32.3. The summed E-state index contributed by atoms with van der Waals surface area (Å²) in [5, 5.41) is 21.9. The number of benzene rings is 1. The van der Waals surface area contributed by atoms with Gasteiger partial charge in [-0.15, -0.1) is 0 Å². The van der Waals surface area contributed by atoms with Crippen molar-refractivity contribution in [3.63, 3.8) is 0 Å². The number of amides is 1. The molecular formula is C24H30N8O3. The predicted molar refractivity (Wildman–Crippen MR) is 130 cm³/mol. The summed E-state index contributed by atoms with van der Waals surface area (Å²) in [6, 6.07) is 7.35. The smallest absolute Gasteiger partial charge is 0.223 e. The first-order valence-corrected chi connectivity index (χ1v) is 11.8. The zero-order valence-electron chi connectivity index (χ0n) is 19.9. The topological polar surface area (TPSA) is 148 Å². The fourth-order valence-electron chi connectivity index (χ4n) is 5.15.